The molecule has 0 spiro atoms. The number of Topliss-reactive ketones (excluding diaryl/α,β-unsaturated/α-hetero) is 1. The molecule has 0 saturated carbocycles. The summed E-state index contributed by atoms with van der Waals surface area (Å²) in [6, 6.07) is 7.79. The van der Waals surface area contributed by atoms with Gasteiger partial charge in [-0.15, -0.1) is 0 Å². The first-order valence-corrected chi connectivity index (χ1v) is 12.0. The number of carbonyl (C=O) groups excluding carboxylic acids is 3. The molecule has 2 aliphatic heterocycles. The van der Waals surface area contributed by atoms with Crippen LogP contribution in [0.2, 0.25) is 0 Å². The first kappa shape index (κ1) is 22.5. The summed E-state index contributed by atoms with van der Waals surface area (Å²) in [7, 11) is 0. The van der Waals surface area contributed by atoms with Crippen LogP contribution in [0.15, 0.2) is 30.5 Å². The molecule has 3 heterocycles. The number of fused-ring (bicyclic) bond motifs is 1. The normalized spacial score (nSPS) is 19.8. The lowest BCUT2D eigenvalue weighted by molar-refractivity contribution is -0.131. The van der Waals surface area contributed by atoms with Crippen molar-refractivity contribution in [3.63, 3.8) is 0 Å². The quantitative estimate of drug-likeness (QED) is 0.533. The van der Waals surface area contributed by atoms with E-state index in [1.165, 1.54) is 12.8 Å². The highest BCUT2D eigenvalue weighted by Crippen LogP contribution is 2.23. The lowest BCUT2D eigenvalue weighted by Crippen LogP contribution is -2.42. The molecule has 2 aliphatic rings. The van der Waals surface area contributed by atoms with E-state index in [0.29, 0.717) is 23.5 Å². The van der Waals surface area contributed by atoms with E-state index in [0.717, 1.165) is 57.4 Å². The SMILES string of the molecule is CCN1CCC[C@@H]1CNC(=O)C(=O)c1cn(CC(=O)N2CCCCCC2)c2ccccc12. The Hall–Kier alpha value is -2.67. The number of hydrogen-bond acceptors (Lipinski definition) is 4. The second-order valence-corrected chi connectivity index (χ2v) is 8.95. The summed E-state index contributed by atoms with van der Waals surface area (Å²) >= 11 is 0. The molecule has 7 heteroatoms. The molecule has 0 unspecified atom stereocenters. The maximum Gasteiger partial charge on any atom is 0.292 e. The minimum atomic E-state index is -0.574. The van der Waals surface area contributed by atoms with E-state index in [9.17, 15) is 14.4 Å². The fraction of sp³-hybridized carbons (Fsp3) is 0.560. The Morgan fingerprint density at radius 1 is 1.00 bits per heavy atom. The predicted octanol–water partition coefficient (Wildman–Crippen LogP) is 2.83. The second kappa shape index (κ2) is 10.3. The number of ketones is 1. The van der Waals surface area contributed by atoms with Gasteiger partial charge in [-0.2, -0.15) is 0 Å². The van der Waals surface area contributed by atoms with Gasteiger partial charge in [0, 0.05) is 42.8 Å². The Morgan fingerprint density at radius 3 is 2.50 bits per heavy atom. The van der Waals surface area contributed by atoms with Crippen molar-refractivity contribution in [3.8, 4) is 0 Å². The van der Waals surface area contributed by atoms with Crippen LogP contribution in [0, 0.1) is 0 Å². The summed E-state index contributed by atoms with van der Waals surface area (Å²) in [6.45, 7) is 6.38. The maximum absolute atomic E-state index is 13.0. The first-order chi connectivity index (χ1) is 15.6. The van der Waals surface area contributed by atoms with Gasteiger partial charge in [0.05, 0.1) is 5.56 Å². The van der Waals surface area contributed by atoms with Crippen LogP contribution in [-0.2, 0) is 16.1 Å². The molecule has 4 rings (SSSR count). The van der Waals surface area contributed by atoms with Crippen molar-refractivity contribution < 1.29 is 14.4 Å². The number of nitrogens with one attached hydrogen (secondary N) is 1. The van der Waals surface area contributed by atoms with E-state index in [-0.39, 0.29) is 12.5 Å². The third-order valence-corrected chi connectivity index (χ3v) is 6.91. The number of carbonyl (C=O) groups is 3. The summed E-state index contributed by atoms with van der Waals surface area (Å²) < 4.78 is 1.82. The fourth-order valence-electron chi connectivity index (χ4n) is 5.08. The highest BCUT2D eigenvalue weighted by atomic mass is 16.2. The summed E-state index contributed by atoms with van der Waals surface area (Å²) in [6.07, 6.45) is 8.26. The monoisotopic (exact) mass is 438 g/mol. The summed E-state index contributed by atoms with van der Waals surface area (Å²) in [4.78, 5) is 42.9. The van der Waals surface area contributed by atoms with Gasteiger partial charge in [-0.1, -0.05) is 38.0 Å². The van der Waals surface area contributed by atoms with Gasteiger partial charge >= 0.3 is 0 Å². The van der Waals surface area contributed by atoms with Gasteiger partial charge in [-0.05, 0) is 44.8 Å². The van der Waals surface area contributed by atoms with Crippen molar-refractivity contribution in [2.75, 3.05) is 32.7 Å². The van der Waals surface area contributed by atoms with Gasteiger partial charge < -0.3 is 14.8 Å². The standard InChI is InChI=1S/C25H34N4O3/c1-2-27-15-9-10-19(27)16-26-25(32)24(31)21-17-29(22-12-6-5-11-20(21)22)18-23(30)28-13-7-3-4-8-14-28/h5-6,11-12,17,19H,2-4,7-10,13-16,18H2,1H3,(H,26,32)/t19-/m1/s1. The van der Waals surface area contributed by atoms with Gasteiger partial charge in [-0.25, -0.2) is 0 Å². The van der Waals surface area contributed by atoms with Crippen LogP contribution in [0.4, 0.5) is 0 Å². The lowest BCUT2D eigenvalue weighted by Gasteiger charge is -2.22. The maximum atomic E-state index is 13.0. The Labute approximate surface area is 189 Å². The molecule has 1 aromatic carbocycles. The van der Waals surface area contributed by atoms with Crippen molar-refractivity contribution in [3.05, 3.63) is 36.0 Å². The number of likely N-dealkylation sites (tertiary alicyclic amines) is 2. The highest BCUT2D eigenvalue weighted by molar-refractivity contribution is 6.45. The molecule has 1 aromatic heterocycles. The molecule has 2 aromatic rings. The molecule has 0 aliphatic carbocycles. The lowest BCUT2D eigenvalue weighted by atomic mass is 10.1. The third kappa shape index (κ3) is 4.88. The van der Waals surface area contributed by atoms with Crippen molar-refractivity contribution >= 4 is 28.5 Å². The van der Waals surface area contributed by atoms with E-state index in [1.54, 1.807) is 6.20 Å². The first-order valence-electron chi connectivity index (χ1n) is 12.0. The number of aromatic nitrogens is 1. The number of amides is 2. The molecule has 32 heavy (non-hydrogen) atoms. The smallest absolute Gasteiger partial charge is 0.292 e. The molecule has 2 fully saturated rings. The van der Waals surface area contributed by atoms with E-state index >= 15 is 0 Å². The van der Waals surface area contributed by atoms with Gasteiger partial charge in [-0.3, -0.25) is 19.3 Å². The van der Waals surface area contributed by atoms with Gasteiger partial charge in [0.1, 0.15) is 6.54 Å². The van der Waals surface area contributed by atoms with Crippen LogP contribution < -0.4 is 5.32 Å². The minimum Gasteiger partial charge on any atom is -0.348 e. The van der Waals surface area contributed by atoms with Gasteiger partial charge in [0.25, 0.3) is 11.7 Å². The fourth-order valence-corrected chi connectivity index (χ4v) is 5.08. The number of nitrogens with zero attached hydrogens (tertiary/aromatic N) is 3. The molecule has 2 amide bonds. The Morgan fingerprint density at radius 2 is 1.75 bits per heavy atom. The van der Waals surface area contributed by atoms with E-state index in [1.807, 2.05) is 33.7 Å². The number of rotatable bonds is 7. The second-order valence-electron chi connectivity index (χ2n) is 8.95. The molecular weight excluding hydrogens is 404 g/mol. The Bertz CT molecular complexity index is 975. The summed E-state index contributed by atoms with van der Waals surface area (Å²) in [5, 5.41) is 3.56. The van der Waals surface area contributed by atoms with Crippen molar-refractivity contribution in [1.82, 2.24) is 19.7 Å². The molecule has 2 saturated heterocycles. The average molecular weight is 439 g/mol. The molecule has 1 atom stereocenters. The largest absolute Gasteiger partial charge is 0.348 e. The van der Waals surface area contributed by atoms with Crippen molar-refractivity contribution in [2.24, 2.45) is 0 Å². The number of benzene rings is 1. The summed E-state index contributed by atoms with van der Waals surface area (Å²) in [5.41, 5.74) is 1.17. The van der Waals surface area contributed by atoms with Crippen LogP contribution in [0.1, 0.15) is 55.8 Å². The third-order valence-electron chi connectivity index (χ3n) is 6.91. The number of para-hydroxylation sites is 1. The molecule has 1 N–H and O–H groups in total. The molecular formula is C25H34N4O3. The van der Waals surface area contributed by atoms with E-state index in [2.05, 4.69) is 17.1 Å². The Kier molecular flexibility index (Phi) is 7.25. The van der Waals surface area contributed by atoms with Crippen LogP contribution in [0.5, 0.6) is 0 Å². The number of likely N-dealkylation sites (N-methyl/N-ethyl adjacent to an activating group) is 1. The van der Waals surface area contributed by atoms with Crippen LogP contribution in [0.25, 0.3) is 10.9 Å². The predicted molar refractivity (Wildman–Crippen MR) is 125 cm³/mol. The van der Waals surface area contributed by atoms with Gasteiger partial charge in [0.2, 0.25) is 5.91 Å². The van der Waals surface area contributed by atoms with Crippen LogP contribution >= 0.6 is 0 Å². The highest BCUT2D eigenvalue weighted by Gasteiger charge is 2.27. The zero-order valence-electron chi connectivity index (χ0n) is 19.0. The summed E-state index contributed by atoms with van der Waals surface area (Å²) in [5.74, 6) is -1.05. The van der Waals surface area contributed by atoms with Crippen LogP contribution in [0.3, 0.4) is 0 Å². The van der Waals surface area contributed by atoms with Crippen molar-refractivity contribution in [1.29, 1.82) is 0 Å². The zero-order valence-corrected chi connectivity index (χ0v) is 19.0. The molecule has 7 nitrogen and oxygen atoms in total. The topological polar surface area (TPSA) is 74.6 Å². The van der Waals surface area contributed by atoms with E-state index in [4.69, 9.17) is 0 Å². The van der Waals surface area contributed by atoms with Gasteiger partial charge in [0.15, 0.2) is 0 Å². The van der Waals surface area contributed by atoms with Crippen molar-refractivity contribution in [2.45, 2.75) is 58.0 Å². The number of hydrogen-bond donors (Lipinski definition) is 1. The van der Waals surface area contributed by atoms with E-state index < -0.39 is 11.7 Å². The zero-order chi connectivity index (χ0) is 22.5. The molecule has 172 valence electrons. The minimum absolute atomic E-state index is 0.0667. The molecule has 0 bridgehead atoms. The Balaban J connectivity index is 1.48. The molecule has 0 radical (unpaired) electrons. The average Bonchev–Trinajstić information content (AvgIpc) is 3.31. The van der Waals surface area contributed by atoms with Crippen LogP contribution in [-0.4, -0.2) is 70.7 Å².